The number of carboxylic acid groups (broad SMARTS) is 2. The van der Waals surface area contributed by atoms with E-state index < -0.39 is 48.3 Å². The maximum atomic E-state index is 11.7. The van der Waals surface area contributed by atoms with Crippen molar-refractivity contribution in [3.63, 3.8) is 0 Å². The molecule has 2 aliphatic heterocycles. The van der Waals surface area contributed by atoms with Gasteiger partial charge in [-0.2, -0.15) is 0 Å². The SMILES string of the molecule is O=C(O)CCCC(=O)OC1COC2C(OC(=O)CCCC(=O)O)COC12. The van der Waals surface area contributed by atoms with Crippen molar-refractivity contribution in [3.8, 4) is 0 Å². The fraction of sp³-hybridized carbons (Fsp3) is 0.750. The van der Waals surface area contributed by atoms with Gasteiger partial charge in [0.05, 0.1) is 13.2 Å². The number of fused-ring (bicyclic) bond motifs is 1. The Kier molecular flexibility index (Phi) is 7.34. The van der Waals surface area contributed by atoms with Crippen LogP contribution in [0.4, 0.5) is 0 Å². The van der Waals surface area contributed by atoms with Crippen LogP contribution in [0.25, 0.3) is 0 Å². The van der Waals surface area contributed by atoms with Crippen LogP contribution in [0, 0.1) is 0 Å². The molecular weight excluding hydrogens is 352 g/mol. The first kappa shape index (κ1) is 20.1. The Morgan fingerprint density at radius 1 is 0.731 bits per heavy atom. The number of carbonyl (C=O) groups is 4. The van der Waals surface area contributed by atoms with Crippen LogP contribution in [-0.2, 0) is 38.1 Å². The average Bonchev–Trinajstić information content (AvgIpc) is 3.10. The van der Waals surface area contributed by atoms with Gasteiger partial charge < -0.3 is 29.2 Å². The molecule has 0 bridgehead atoms. The number of carboxylic acids is 2. The van der Waals surface area contributed by atoms with Crippen LogP contribution in [0.3, 0.4) is 0 Å². The highest BCUT2D eigenvalue weighted by molar-refractivity contribution is 5.72. The largest absolute Gasteiger partial charge is 0.481 e. The van der Waals surface area contributed by atoms with Gasteiger partial charge in [-0.25, -0.2) is 0 Å². The van der Waals surface area contributed by atoms with Crippen LogP contribution in [0.2, 0.25) is 0 Å². The molecule has 4 unspecified atom stereocenters. The minimum Gasteiger partial charge on any atom is -0.481 e. The number of esters is 2. The van der Waals surface area contributed by atoms with E-state index in [1.165, 1.54) is 0 Å². The molecule has 0 aromatic rings. The van der Waals surface area contributed by atoms with Gasteiger partial charge >= 0.3 is 23.9 Å². The predicted molar refractivity (Wildman–Crippen MR) is 82.2 cm³/mol. The molecule has 146 valence electrons. The molecule has 2 heterocycles. The predicted octanol–water partition coefficient (Wildman–Crippen LogP) is 0.117. The molecule has 0 aromatic carbocycles. The summed E-state index contributed by atoms with van der Waals surface area (Å²) in [6, 6.07) is 0. The molecule has 0 saturated carbocycles. The fourth-order valence-corrected chi connectivity index (χ4v) is 2.85. The van der Waals surface area contributed by atoms with E-state index in [0.717, 1.165) is 0 Å². The Bertz CT molecular complexity index is 497. The summed E-state index contributed by atoms with van der Waals surface area (Å²) < 4.78 is 21.6. The summed E-state index contributed by atoms with van der Waals surface area (Å²) >= 11 is 0. The van der Waals surface area contributed by atoms with E-state index in [2.05, 4.69) is 0 Å². The van der Waals surface area contributed by atoms with Crippen LogP contribution >= 0.6 is 0 Å². The summed E-state index contributed by atoms with van der Waals surface area (Å²) in [5.41, 5.74) is 0. The van der Waals surface area contributed by atoms with Gasteiger partial charge in [0.1, 0.15) is 12.2 Å². The molecule has 0 spiro atoms. The highest BCUT2D eigenvalue weighted by Gasteiger charge is 2.51. The zero-order valence-electron chi connectivity index (χ0n) is 14.1. The first-order valence-electron chi connectivity index (χ1n) is 8.42. The topological polar surface area (TPSA) is 146 Å². The zero-order chi connectivity index (χ0) is 19.1. The smallest absolute Gasteiger partial charge is 0.306 e. The van der Waals surface area contributed by atoms with Gasteiger partial charge in [-0.15, -0.1) is 0 Å². The minimum atomic E-state index is -0.978. The molecule has 0 aliphatic carbocycles. The standard InChI is InChI=1S/C16H22O10/c17-11(18)3-1-5-13(21)25-9-7-23-16-10(8-24-15(9)16)26-14(22)6-2-4-12(19)20/h9-10,15-16H,1-8H2,(H,17,18)(H,19,20). The van der Waals surface area contributed by atoms with Crippen LogP contribution in [0.5, 0.6) is 0 Å². The van der Waals surface area contributed by atoms with Gasteiger partial charge in [-0.3, -0.25) is 19.2 Å². The molecule has 0 aromatic heterocycles. The molecule has 0 amide bonds. The van der Waals surface area contributed by atoms with E-state index in [0.29, 0.717) is 0 Å². The first-order valence-corrected chi connectivity index (χ1v) is 8.42. The lowest BCUT2D eigenvalue weighted by atomic mass is 10.1. The second kappa shape index (κ2) is 9.48. The van der Waals surface area contributed by atoms with E-state index in [1.54, 1.807) is 0 Å². The van der Waals surface area contributed by atoms with Crippen molar-refractivity contribution in [2.24, 2.45) is 0 Å². The summed E-state index contributed by atoms with van der Waals surface area (Å²) in [6.45, 7) is 0.208. The quantitative estimate of drug-likeness (QED) is 0.505. The highest BCUT2D eigenvalue weighted by atomic mass is 16.7. The lowest BCUT2D eigenvalue weighted by Crippen LogP contribution is -2.36. The minimum absolute atomic E-state index is 0.0117. The van der Waals surface area contributed by atoms with Crippen molar-refractivity contribution < 1.29 is 48.3 Å². The second-order valence-electron chi connectivity index (χ2n) is 6.15. The van der Waals surface area contributed by atoms with Gasteiger partial charge in [0.15, 0.2) is 12.2 Å². The lowest BCUT2D eigenvalue weighted by molar-refractivity contribution is -0.155. The number of rotatable bonds is 10. The van der Waals surface area contributed by atoms with E-state index in [-0.39, 0.29) is 51.7 Å². The zero-order valence-corrected chi connectivity index (χ0v) is 14.1. The summed E-state index contributed by atoms with van der Waals surface area (Å²) in [5.74, 6) is -3.01. The Hall–Kier alpha value is -2.20. The molecule has 2 N–H and O–H groups in total. The van der Waals surface area contributed by atoms with Crippen LogP contribution in [0.15, 0.2) is 0 Å². The van der Waals surface area contributed by atoms with Gasteiger partial charge in [0.25, 0.3) is 0 Å². The summed E-state index contributed by atoms with van der Waals surface area (Å²) in [4.78, 5) is 44.4. The monoisotopic (exact) mass is 374 g/mol. The number of hydrogen-bond acceptors (Lipinski definition) is 8. The molecule has 10 heteroatoms. The molecule has 26 heavy (non-hydrogen) atoms. The van der Waals surface area contributed by atoms with Crippen molar-refractivity contribution in [1.82, 2.24) is 0 Å². The van der Waals surface area contributed by atoms with Crippen molar-refractivity contribution in [2.45, 2.75) is 62.9 Å². The third kappa shape index (κ3) is 5.95. The van der Waals surface area contributed by atoms with Gasteiger partial charge in [-0.1, -0.05) is 0 Å². The van der Waals surface area contributed by atoms with Crippen molar-refractivity contribution in [1.29, 1.82) is 0 Å². The Morgan fingerprint density at radius 2 is 1.12 bits per heavy atom. The molecule has 2 aliphatic rings. The fourth-order valence-electron chi connectivity index (χ4n) is 2.85. The molecule has 4 atom stereocenters. The number of carbonyl (C=O) groups excluding carboxylic acids is 2. The lowest BCUT2D eigenvalue weighted by Gasteiger charge is -2.17. The Balaban J connectivity index is 1.72. The molecule has 2 rings (SSSR count). The third-order valence-electron chi connectivity index (χ3n) is 4.07. The first-order chi connectivity index (χ1) is 12.4. The normalized spacial score (nSPS) is 26.9. The van der Waals surface area contributed by atoms with E-state index in [9.17, 15) is 19.2 Å². The molecule has 10 nitrogen and oxygen atoms in total. The van der Waals surface area contributed by atoms with Crippen LogP contribution in [0.1, 0.15) is 38.5 Å². The van der Waals surface area contributed by atoms with Gasteiger partial charge in [0, 0.05) is 25.7 Å². The molecule has 2 saturated heterocycles. The molecule has 2 fully saturated rings. The van der Waals surface area contributed by atoms with Crippen LogP contribution in [-0.4, -0.2) is 71.7 Å². The highest BCUT2D eigenvalue weighted by Crippen LogP contribution is 2.31. The number of ether oxygens (including phenoxy) is 4. The van der Waals surface area contributed by atoms with E-state index in [1.807, 2.05) is 0 Å². The molecular formula is C16H22O10. The van der Waals surface area contributed by atoms with Gasteiger partial charge in [-0.05, 0) is 12.8 Å². The van der Waals surface area contributed by atoms with Gasteiger partial charge in [0.2, 0.25) is 0 Å². The summed E-state index contributed by atoms with van der Waals surface area (Å²) in [7, 11) is 0. The number of aliphatic carboxylic acids is 2. The summed E-state index contributed by atoms with van der Waals surface area (Å²) in [6.07, 6.45) is -2.23. The molecule has 0 radical (unpaired) electrons. The second-order valence-corrected chi connectivity index (χ2v) is 6.15. The maximum absolute atomic E-state index is 11.7. The van der Waals surface area contributed by atoms with Crippen molar-refractivity contribution in [2.75, 3.05) is 13.2 Å². The third-order valence-corrected chi connectivity index (χ3v) is 4.07. The number of hydrogen-bond donors (Lipinski definition) is 2. The van der Waals surface area contributed by atoms with E-state index in [4.69, 9.17) is 29.2 Å². The van der Waals surface area contributed by atoms with Crippen molar-refractivity contribution >= 4 is 23.9 Å². The summed E-state index contributed by atoms with van der Waals surface area (Å²) in [5, 5.41) is 17.1. The van der Waals surface area contributed by atoms with E-state index >= 15 is 0 Å². The Labute approximate surface area is 149 Å². The average molecular weight is 374 g/mol. The maximum Gasteiger partial charge on any atom is 0.306 e. The van der Waals surface area contributed by atoms with Crippen molar-refractivity contribution in [3.05, 3.63) is 0 Å². The Morgan fingerprint density at radius 3 is 1.46 bits per heavy atom. The van der Waals surface area contributed by atoms with Crippen LogP contribution < -0.4 is 0 Å².